The number of benzene rings is 1. The number of likely N-dealkylation sites (tertiary alicyclic amines) is 1. The van der Waals surface area contributed by atoms with Gasteiger partial charge in [-0.05, 0) is 69.5 Å². The van der Waals surface area contributed by atoms with Gasteiger partial charge in [-0.15, -0.1) is 0 Å². The van der Waals surface area contributed by atoms with E-state index in [1.807, 2.05) is 32.0 Å². The number of aromatic nitrogens is 1. The molecule has 0 spiro atoms. The molecular formula is C25H35N3O4. The Morgan fingerprint density at radius 3 is 2.72 bits per heavy atom. The van der Waals surface area contributed by atoms with E-state index in [-0.39, 0.29) is 5.91 Å². The molecule has 1 atom stereocenters. The van der Waals surface area contributed by atoms with Gasteiger partial charge in [-0.25, -0.2) is 0 Å². The standard InChI is InChI=1S/C25H35N3O4/c1-18(16-28-12-6-5-7-13-28)15-26-25(29)11-9-21-8-10-23(24(14-21)30-4)31-17-22-19(2)27-32-20(22)3/h8-11,14,18H,5-7,12-13,15-17H2,1-4H3,(H,26,29)/b11-9+. The molecule has 7 nitrogen and oxygen atoms in total. The Labute approximate surface area is 190 Å². The highest BCUT2D eigenvalue weighted by Crippen LogP contribution is 2.30. The molecule has 1 unspecified atom stereocenters. The van der Waals surface area contributed by atoms with E-state index in [0.29, 0.717) is 30.6 Å². The minimum atomic E-state index is -0.0896. The van der Waals surface area contributed by atoms with Gasteiger partial charge in [-0.2, -0.15) is 0 Å². The summed E-state index contributed by atoms with van der Waals surface area (Å²) in [6.07, 6.45) is 7.26. The highest BCUT2D eigenvalue weighted by molar-refractivity contribution is 5.91. The van der Waals surface area contributed by atoms with Crippen LogP contribution in [0.2, 0.25) is 0 Å². The summed E-state index contributed by atoms with van der Waals surface area (Å²) in [5.74, 6) is 2.32. The second-order valence-corrected chi connectivity index (χ2v) is 8.55. The molecule has 174 valence electrons. The molecule has 0 saturated carbocycles. The van der Waals surface area contributed by atoms with Crippen LogP contribution in [0.5, 0.6) is 11.5 Å². The van der Waals surface area contributed by atoms with Crippen molar-refractivity contribution in [2.45, 2.75) is 46.6 Å². The zero-order valence-corrected chi connectivity index (χ0v) is 19.6. The van der Waals surface area contributed by atoms with Crippen LogP contribution in [0.4, 0.5) is 0 Å². The SMILES string of the molecule is COc1cc(/C=C/C(=O)NCC(C)CN2CCCCC2)ccc1OCc1c(C)noc1C. The van der Waals surface area contributed by atoms with Crippen LogP contribution in [0.25, 0.3) is 6.08 Å². The largest absolute Gasteiger partial charge is 0.493 e. The van der Waals surface area contributed by atoms with Gasteiger partial charge in [0.15, 0.2) is 11.5 Å². The Morgan fingerprint density at radius 1 is 1.25 bits per heavy atom. The molecule has 1 fully saturated rings. The van der Waals surface area contributed by atoms with Crippen LogP contribution in [-0.2, 0) is 11.4 Å². The second kappa shape index (κ2) is 11.7. The van der Waals surface area contributed by atoms with E-state index < -0.39 is 0 Å². The predicted molar refractivity (Wildman–Crippen MR) is 125 cm³/mol. The van der Waals surface area contributed by atoms with Crippen molar-refractivity contribution in [2.24, 2.45) is 5.92 Å². The van der Waals surface area contributed by atoms with E-state index >= 15 is 0 Å². The van der Waals surface area contributed by atoms with Gasteiger partial charge in [0.2, 0.25) is 5.91 Å². The third-order valence-corrected chi connectivity index (χ3v) is 5.81. The zero-order valence-electron chi connectivity index (χ0n) is 19.6. The summed E-state index contributed by atoms with van der Waals surface area (Å²) in [6, 6.07) is 5.59. The number of nitrogens with one attached hydrogen (secondary N) is 1. The summed E-state index contributed by atoms with van der Waals surface area (Å²) in [5.41, 5.74) is 2.61. The highest BCUT2D eigenvalue weighted by atomic mass is 16.5. The van der Waals surface area contributed by atoms with E-state index in [2.05, 4.69) is 22.3 Å². The number of hydrogen-bond donors (Lipinski definition) is 1. The number of hydrogen-bond acceptors (Lipinski definition) is 6. The van der Waals surface area contributed by atoms with Gasteiger partial charge >= 0.3 is 0 Å². The minimum Gasteiger partial charge on any atom is -0.493 e. The monoisotopic (exact) mass is 441 g/mol. The molecule has 0 radical (unpaired) electrons. The molecular weight excluding hydrogens is 406 g/mol. The first kappa shape index (κ1) is 23.9. The number of piperidine rings is 1. The molecule has 0 aliphatic carbocycles. The number of aryl methyl sites for hydroxylation is 2. The van der Waals surface area contributed by atoms with Crippen molar-refractivity contribution in [2.75, 3.05) is 33.3 Å². The first-order valence-corrected chi connectivity index (χ1v) is 11.4. The summed E-state index contributed by atoms with van der Waals surface area (Å²) >= 11 is 0. The Bertz CT molecular complexity index is 896. The molecule has 1 amide bonds. The van der Waals surface area contributed by atoms with Gasteiger partial charge in [-0.1, -0.05) is 24.6 Å². The predicted octanol–water partition coefficient (Wildman–Crippen LogP) is 4.13. The van der Waals surface area contributed by atoms with Gasteiger partial charge in [0, 0.05) is 19.2 Å². The molecule has 3 rings (SSSR count). The van der Waals surface area contributed by atoms with Crippen molar-refractivity contribution in [1.82, 2.24) is 15.4 Å². The fourth-order valence-corrected chi connectivity index (χ4v) is 3.92. The molecule has 1 aromatic heterocycles. The molecule has 1 aliphatic heterocycles. The number of rotatable bonds is 10. The zero-order chi connectivity index (χ0) is 22.9. The summed E-state index contributed by atoms with van der Waals surface area (Å²) in [7, 11) is 1.60. The molecule has 7 heteroatoms. The first-order chi connectivity index (χ1) is 15.5. The fourth-order valence-electron chi connectivity index (χ4n) is 3.92. The van der Waals surface area contributed by atoms with E-state index in [1.54, 1.807) is 19.3 Å². The Hall–Kier alpha value is -2.80. The Kier molecular flexibility index (Phi) is 8.73. The van der Waals surface area contributed by atoms with Crippen LogP contribution in [0, 0.1) is 19.8 Å². The summed E-state index contributed by atoms with van der Waals surface area (Å²) in [4.78, 5) is 14.7. The topological polar surface area (TPSA) is 76.8 Å². The molecule has 1 saturated heterocycles. The molecule has 0 bridgehead atoms. The number of carbonyl (C=O) groups excluding carboxylic acids is 1. The van der Waals surface area contributed by atoms with Gasteiger partial charge in [0.1, 0.15) is 12.4 Å². The van der Waals surface area contributed by atoms with Crippen molar-refractivity contribution >= 4 is 12.0 Å². The lowest BCUT2D eigenvalue weighted by Gasteiger charge is -2.29. The normalized spacial score (nSPS) is 15.6. The van der Waals surface area contributed by atoms with E-state index in [1.165, 1.54) is 32.4 Å². The van der Waals surface area contributed by atoms with Crippen LogP contribution in [0.15, 0.2) is 28.8 Å². The van der Waals surface area contributed by atoms with Crippen LogP contribution in [0.1, 0.15) is 48.8 Å². The average molecular weight is 442 g/mol. The minimum absolute atomic E-state index is 0.0896. The summed E-state index contributed by atoms with van der Waals surface area (Å²) in [6.45, 7) is 10.4. The smallest absolute Gasteiger partial charge is 0.244 e. The van der Waals surface area contributed by atoms with Crippen molar-refractivity contribution < 1.29 is 18.8 Å². The maximum Gasteiger partial charge on any atom is 0.244 e. The number of nitrogens with zero attached hydrogens (tertiary/aromatic N) is 2. The van der Waals surface area contributed by atoms with Crippen LogP contribution < -0.4 is 14.8 Å². The third kappa shape index (κ3) is 6.85. The molecule has 1 aliphatic rings. The Balaban J connectivity index is 1.49. The van der Waals surface area contributed by atoms with Crippen molar-refractivity contribution in [1.29, 1.82) is 0 Å². The number of amides is 1. The molecule has 1 N–H and O–H groups in total. The van der Waals surface area contributed by atoms with Crippen molar-refractivity contribution in [3.8, 4) is 11.5 Å². The van der Waals surface area contributed by atoms with Gasteiger partial charge in [-0.3, -0.25) is 4.79 Å². The van der Waals surface area contributed by atoms with Crippen molar-refractivity contribution in [3.63, 3.8) is 0 Å². The van der Waals surface area contributed by atoms with Crippen molar-refractivity contribution in [3.05, 3.63) is 46.9 Å². The molecule has 2 aromatic rings. The molecule has 2 heterocycles. The van der Waals surface area contributed by atoms with E-state index in [4.69, 9.17) is 14.0 Å². The number of methoxy groups -OCH3 is 1. The second-order valence-electron chi connectivity index (χ2n) is 8.55. The summed E-state index contributed by atoms with van der Waals surface area (Å²) < 4.78 is 16.6. The quantitative estimate of drug-likeness (QED) is 0.559. The maximum atomic E-state index is 12.2. The maximum absolute atomic E-state index is 12.2. The van der Waals surface area contributed by atoms with Crippen LogP contribution in [-0.4, -0.2) is 49.3 Å². The van der Waals surface area contributed by atoms with Crippen LogP contribution >= 0.6 is 0 Å². The highest BCUT2D eigenvalue weighted by Gasteiger charge is 2.14. The van der Waals surface area contributed by atoms with Gasteiger partial charge in [0.05, 0.1) is 18.4 Å². The first-order valence-electron chi connectivity index (χ1n) is 11.4. The lowest BCUT2D eigenvalue weighted by molar-refractivity contribution is -0.116. The lowest BCUT2D eigenvalue weighted by atomic mass is 10.1. The molecule has 32 heavy (non-hydrogen) atoms. The molecule has 1 aromatic carbocycles. The van der Waals surface area contributed by atoms with E-state index in [9.17, 15) is 4.79 Å². The summed E-state index contributed by atoms with van der Waals surface area (Å²) in [5, 5.41) is 6.95. The van der Waals surface area contributed by atoms with Gasteiger partial charge in [0.25, 0.3) is 0 Å². The van der Waals surface area contributed by atoms with E-state index in [0.717, 1.165) is 29.1 Å². The number of ether oxygens (including phenoxy) is 2. The average Bonchev–Trinajstić information content (AvgIpc) is 3.12. The number of carbonyl (C=O) groups is 1. The fraction of sp³-hybridized carbons (Fsp3) is 0.520. The third-order valence-electron chi connectivity index (χ3n) is 5.81. The Morgan fingerprint density at radius 2 is 2.03 bits per heavy atom. The van der Waals surface area contributed by atoms with Crippen LogP contribution in [0.3, 0.4) is 0 Å². The van der Waals surface area contributed by atoms with Gasteiger partial charge < -0.3 is 24.2 Å². The lowest BCUT2D eigenvalue weighted by Crippen LogP contribution is -2.37.